The summed E-state index contributed by atoms with van der Waals surface area (Å²) in [5.74, 6) is 1.38. The molecule has 0 heterocycles. The summed E-state index contributed by atoms with van der Waals surface area (Å²) in [7, 11) is 1.31. The number of methoxy groups -OCH3 is 2. The lowest BCUT2D eigenvalue weighted by Crippen LogP contribution is -2.45. The number of rotatable bonds is 18. The van der Waals surface area contributed by atoms with Gasteiger partial charge in [-0.3, -0.25) is 4.79 Å². The van der Waals surface area contributed by atoms with Crippen LogP contribution in [0, 0.1) is 23.7 Å². The number of carboxylic acids is 1. The normalized spacial score (nSPS) is 15.0. The van der Waals surface area contributed by atoms with Gasteiger partial charge in [-0.1, -0.05) is 54.5 Å². The van der Waals surface area contributed by atoms with Gasteiger partial charge in [-0.15, -0.1) is 0 Å². The second kappa shape index (κ2) is 15.9. The molecule has 1 N–H and O–H groups in total. The number of carboxylic acid groups (broad SMARTS) is 1. The van der Waals surface area contributed by atoms with Crippen LogP contribution in [-0.2, 0) is 20.4 Å². The number of hydrogen-bond acceptors (Lipinski definition) is 5. The maximum atomic E-state index is 12.0. The zero-order valence-electron chi connectivity index (χ0n) is 26.1. The van der Waals surface area contributed by atoms with Gasteiger partial charge in [0.25, 0.3) is 0 Å². The highest BCUT2D eigenvalue weighted by molar-refractivity contribution is 6.74. The molecule has 38 heavy (non-hydrogen) atoms. The van der Waals surface area contributed by atoms with Crippen LogP contribution in [0.25, 0.3) is 0 Å². The first-order valence-electron chi connectivity index (χ1n) is 14.3. The molecule has 0 aliphatic rings. The fraction of sp³-hybridized carbons (Fsp3) is 0.774. The summed E-state index contributed by atoms with van der Waals surface area (Å²) in [6.07, 6.45) is 4.10. The number of ether oxygens (including phenoxy) is 3. The molecule has 0 radical (unpaired) electrons. The van der Waals surface area contributed by atoms with Crippen LogP contribution in [-0.4, -0.2) is 52.9 Å². The van der Waals surface area contributed by atoms with Gasteiger partial charge in [0.05, 0.1) is 19.6 Å². The topological polar surface area (TPSA) is 74.2 Å². The van der Waals surface area contributed by atoms with Crippen molar-refractivity contribution >= 4 is 14.3 Å². The number of benzene rings is 1. The lowest BCUT2D eigenvalue weighted by Gasteiger charge is -2.40. The maximum Gasteiger partial charge on any atom is 0.306 e. The van der Waals surface area contributed by atoms with Gasteiger partial charge < -0.3 is 23.7 Å². The highest BCUT2D eigenvalue weighted by Crippen LogP contribution is 2.39. The van der Waals surface area contributed by atoms with Crippen LogP contribution >= 0.6 is 0 Å². The molecule has 0 fully saturated rings. The predicted octanol–water partition coefficient (Wildman–Crippen LogP) is 7.84. The van der Waals surface area contributed by atoms with E-state index in [4.69, 9.17) is 18.6 Å². The van der Waals surface area contributed by atoms with Gasteiger partial charge in [-0.2, -0.15) is 0 Å². The fourth-order valence-corrected chi connectivity index (χ4v) is 5.88. The summed E-state index contributed by atoms with van der Waals surface area (Å²) in [6.45, 7) is 21.0. The molecule has 6 nitrogen and oxygen atoms in total. The van der Waals surface area contributed by atoms with E-state index in [0.29, 0.717) is 31.5 Å². The highest BCUT2D eigenvalue weighted by atomic mass is 28.4. The molecular formula is C31H56O6Si. The van der Waals surface area contributed by atoms with Crippen molar-refractivity contribution in [3.63, 3.8) is 0 Å². The van der Waals surface area contributed by atoms with Crippen molar-refractivity contribution in [3.05, 3.63) is 23.8 Å². The summed E-state index contributed by atoms with van der Waals surface area (Å²) >= 11 is 0. The second-order valence-corrected chi connectivity index (χ2v) is 17.6. The Morgan fingerprint density at radius 3 is 2.13 bits per heavy atom. The van der Waals surface area contributed by atoms with Crippen molar-refractivity contribution in [1.29, 1.82) is 0 Å². The Morgan fingerprint density at radius 1 is 0.974 bits per heavy atom. The van der Waals surface area contributed by atoms with Crippen LogP contribution in [0.1, 0.15) is 79.7 Å². The minimum atomic E-state index is -2.05. The van der Waals surface area contributed by atoms with Crippen LogP contribution < -0.4 is 9.47 Å². The third kappa shape index (κ3) is 11.3. The van der Waals surface area contributed by atoms with Crippen LogP contribution in [0.5, 0.6) is 11.5 Å². The van der Waals surface area contributed by atoms with Gasteiger partial charge in [0, 0.05) is 26.2 Å². The monoisotopic (exact) mass is 552 g/mol. The van der Waals surface area contributed by atoms with Crippen molar-refractivity contribution < 1.29 is 28.5 Å². The van der Waals surface area contributed by atoms with Crippen LogP contribution in [0.4, 0.5) is 0 Å². The van der Waals surface area contributed by atoms with Crippen molar-refractivity contribution in [2.24, 2.45) is 23.7 Å². The van der Waals surface area contributed by atoms with E-state index in [9.17, 15) is 9.90 Å². The lowest BCUT2D eigenvalue weighted by molar-refractivity contribution is -0.144. The lowest BCUT2D eigenvalue weighted by atomic mass is 9.83. The van der Waals surface area contributed by atoms with Gasteiger partial charge in [-0.25, -0.2) is 0 Å². The first-order valence-corrected chi connectivity index (χ1v) is 17.2. The molecule has 0 aliphatic carbocycles. The van der Waals surface area contributed by atoms with Crippen molar-refractivity contribution in [2.45, 2.75) is 105 Å². The molecule has 0 aliphatic heterocycles. The highest BCUT2D eigenvalue weighted by Gasteiger charge is 2.40. The molecule has 0 saturated carbocycles. The van der Waals surface area contributed by atoms with Crippen molar-refractivity contribution in [2.75, 3.05) is 27.4 Å². The third-order valence-corrected chi connectivity index (χ3v) is 12.7. The Balaban J connectivity index is 3.07. The number of aliphatic carboxylic acids is 1. The van der Waals surface area contributed by atoms with E-state index in [2.05, 4.69) is 59.8 Å². The third-order valence-electron chi connectivity index (χ3n) is 8.18. The van der Waals surface area contributed by atoms with Crippen molar-refractivity contribution in [1.82, 2.24) is 0 Å². The molecule has 3 atom stereocenters. The first kappa shape index (κ1) is 34.5. The first-order chi connectivity index (χ1) is 17.6. The average molecular weight is 553 g/mol. The molecule has 0 aromatic heterocycles. The van der Waals surface area contributed by atoms with Gasteiger partial charge in [-0.05, 0) is 79.3 Å². The van der Waals surface area contributed by atoms with E-state index < -0.39 is 20.2 Å². The molecule has 7 heteroatoms. The zero-order chi connectivity index (χ0) is 29.1. The molecule has 220 valence electrons. The van der Waals surface area contributed by atoms with Gasteiger partial charge in [0.2, 0.25) is 0 Å². The standard InChI is InChI=1S/C31H56O6Si/c1-22(2)25(19-24-13-16-28(35-9)29(20-24)36-18-12-17-34-8)14-15-26(21-27(23(3)4)30(32)33)37-38(10,11)31(5,6)7/h13,16,20,22-23,25-27H,12,14-15,17-19,21H2,1-11H3,(H,32,33)/t25?,26-,27+/m1/s1. The number of hydrogen-bond donors (Lipinski definition) is 1. The molecule has 1 rings (SSSR count). The van der Waals surface area contributed by atoms with Gasteiger partial charge in [0.1, 0.15) is 0 Å². The van der Waals surface area contributed by atoms with Crippen LogP contribution in [0.15, 0.2) is 18.2 Å². The fourth-order valence-electron chi connectivity index (χ4n) is 4.48. The van der Waals surface area contributed by atoms with E-state index in [0.717, 1.165) is 37.2 Å². The molecule has 0 amide bonds. The summed E-state index contributed by atoms with van der Waals surface area (Å²) < 4.78 is 23.5. The zero-order valence-corrected chi connectivity index (χ0v) is 27.1. The molecule has 1 aromatic rings. The van der Waals surface area contributed by atoms with E-state index in [-0.39, 0.29) is 17.1 Å². The Labute approximate surface area is 233 Å². The maximum absolute atomic E-state index is 12.0. The predicted molar refractivity (Wildman–Crippen MR) is 159 cm³/mol. The summed E-state index contributed by atoms with van der Waals surface area (Å²) in [6, 6.07) is 6.21. The van der Waals surface area contributed by atoms with E-state index >= 15 is 0 Å². The van der Waals surface area contributed by atoms with Crippen LogP contribution in [0.2, 0.25) is 18.1 Å². The second-order valence-electron chi connectivity index (χ2n) is 12.9. The average Bonchev–Trinajstić information content (AvgIpc) is 2.81. The Morgan fingerprint density at radius 2 is 1.63 bits per heavy atom. The van der Waals surface area contributed by atoms with E-state index in [1.807, 2.05) is 19.9 Å². The molecular weight excluding hydrogens is 496 g/mol. The quantitative estimate of drug-likeness (QED) is 0.148. The Hall–Kier alpha value is -1.57. The van der Waals surface area contributed by atoms with E-state index in [1.54, 1.807) is 14.2 Å². The minimum absolute atomic E-state index is 0.0591. The minimum Gasteiger partial charge on any atom is -0.493 e. The summed E-state index contributed by atoms with van der Waals surface area (Å²) in [5.41, 5.74) is 1.22. The van der Waals surface area contributed by atoms with Crippen molar-refractivity contribution in [3.8, 4) is 11.5 Å². The Bertz CT molecular complexity index is 830. The van der Waals surface area contributed by atoms with Crippen LogP contribution in [0.3, 0.4) is 0 Å². The summed E-state index contributed by atoms with van der Waals surface area (Å²) in [5, 5.41) is 9.97. The number of carbonyl (C=O) groups is 1. The van der Waals surface area contributed by atoms with E-state index in [1.165, 1.54) is 5.56 Å². The van der Waals surface area contributed by atoms with Gasteiger partial charge in [0.15, 0.2) is 19.8 Å². The Kier molecular flexibility index (Phi) is 14.4. The molecule has 1 unspecified atom stereocenters. The smallest absolute Gasteiger partial charge is 0.306 e. The molecule has 0 bridgehead atoms. The molecule has 1 aromatic carbocycles. The largest absolute Gasteiger partial charge is 0.493 e. The molecule has 0 saturated heterocycles. The summed E-state index contributed by atoms with van der Waals surface area (Å²) in [4.78, 5) is 12.0. The molecule has 0 spiro atoms. The SMILES string of the molecule is COCCCOc1cc(CC(CC[C@H](C[C@H](C(=O)O)C(C)C)O[Si](C)(C)C(C)(C)C)C(C)C)ccc1OC. The van der Waals surface area contributed by atoms with Gasteiger partial charge >= 0.3 is 5.97 Å².